The number of hydrogen-bond acceptors (Lipinski definition) is 8. The molecule has 0 aromatic heterocycles. The second-order valence-corrected chi connectivity index (χ2v) is 15.8. The summed E-state index contributed by atoms with van der Waals surface area (Å²) in [6.45, 7) is 10.5. The Labute approximate surface area is 328 Å². The Bertz CT molecular complexity index is 1850. The monoisotopic (exact) mass is 771 g/mol. The van der Waals surface area contributed by atoms with E-state index in [0.717, 1.165) is 34.5 Å². The number of piperazine rings is 1. The number of carbonyl (C=O) groups excluding carboxylic acids is 3. The zero-order chi connectivity index (χ0) is 39.8. The molecule has 3 aliphatic heterocycles. The number of esters is 1. The molecule has 0 spiro atoms. The van der Waals surface area contributed by atoms with Gasteiger partial charge in [0.25, 0.3) is 0 Å². The lowest BCUT2D eigenvalue weighted by Gasteiger charge is -2.47. The van der Waals surface area contributed by atoms with Crippen molar-refractivity contribution in [1.29, 1.82) is 0 Å². The largest absolute Gasteiger partial charge is 0.465 e. The fourth-order valence-corrected chi connectivity index (χ4v) is 8.21. The number of ether oxygens (including phenoxy) is 2. The van der Waals surface area contributed by atoms with Crippen LogP contribution in [0.15, 0.2) is 72.8 Å². The van der Waals surface area contributed by atoms with Crippen LogP contribution in [0.5, 0.6) is 0 Å². The van der Waals surface area contributed by atoms with Crippen molar-refractivity contribution in [3.8, 4) is 0 Å². The number of hydrogen-bond donors (Lipinski definition) is 2. The number of halogens is 1. The molecule has 1 unspecified atom stereocenters. The molecule has 2 saturated heterocycles. The molecule has 13 heteroatoms. The predicted octanol–water partition coefficient (Wildman–Crippen LogP) is 4.82. The third kappa shape index (κ3) is 10.3. The lowest BCUT2D eigenvalue weighted by molar-refractivity contribution is -0.147. The highest BCUT2D eigenvalue weighted by Gasteiger charge is 2.43. The lowest BCUT2D eigenvalue weighted by atomic mass is 9.80. The molecule has 0 bridgehead atoms. The molecule has 6 rings (SSSR count). The van der Waals surface area contributed by atoms with Crippen LogP contribution in [-0.4, -0.2) is 121 Å². The Morgan fingerprint density at radius 1 is 0.946 bits per heavy atom. The van der Waals surface area contributed by atoms with Gasteiger partial charge in [-0.1, -0.05) is 61.5 Å². The molecule has 4 atom stereocenters. The van der Waals surface area contributed by atoms with Crippen LogP contribution in [0, 0.1) is 5.82 Å². The van der Waals surface area contributed by atoms with E-state index in [4.69, 9.17) is 9.47 Å². The third-order valence-electron chi connectivity index (χ3n) is 11.4. The number of amides is 3. The van der Waals surface area contributed by atoms with Gasteiger partial charge in [-0.05, 0) is 73.6 Å². The van der Waals surface area contributed by atoms with E-state index in [1.165, 1.54) is 17.0 Å². The van der Waals surface area contributed by atoms with Crippen molar-refractivity contribution in [1.82, 2.24) is 20.0 Å². The average Bonchev–Trinajstić information content (AvgIpc) is 3.47. The van der Waals surface area contributed by atoms with Gasteiger partial charge in [-0.25, -0.2) is 9.18 Å². The summed E-state index contributed by atoms with van der Waals surface area (Å²) in [6, 6.07) is 21.6. The number of carbonyl (C=O) groups is 4. The van der Waals surface area contributed by atoms with E-state index >= 15 is 0 Å². The molecule has 3 aromatic carbocycles. The summed E-state index contributed by atoms with van der Waals surface area (Å²) in [5.74, 6) is -1.35. The summed E-state index contributed by atoms with van der Waals surface area (Å²) in [7, 11) is 0. The molecule has 3 aromatic rings. The Morgan fingerprint density at radius 2 is 1.70 bits per heavy atom. The number of nitrogens with zero attached hydrogens (tertiary/aromatic N) is 4. The maximum atomic E-state index is 14.5. The summed E-state index contributed by atoms with van der Waals surface area (Å²) in [6.07, 6.45) is 0.540. The molecule has 2 fully saturated rings. The number of benzene rings is 3. The predicted molar refractivity (Wildman–Crippen MR) is 210 cm³/mol. The van der Waals surface area contributed by atoms with Crippen molar-refractivity contribution in [2.45, 2.75) is 76.6 Å². The minimum Gasteiger partial charge on any atom is -0.465 e. The number of morpholine rings is 1. The van der Waals surface area contributed by atoms with Gasteiger partial charge in [-0.2, -0.15) is 0 Å². The van der Waals surface area contributed by atoms with Crippen molar-refractivity contribution in [2.75, 3.05) is 63.9 Å². The molecule has 3 amide bonds. The van der Waals surface area contributed by atoms with Crippen molar-refractivity contribution in [3.05, 3.63) is 101 Å². The van der Waals surface area contributed by atoms with Gasteiger partial charge in [0.2, 0.25) is 11.8 Å². The van der Waals surface area contributed by atoms with Gasteiger partial charge in [0.05, 0.1) is 19.8 Å². The Kier molecular flexibility index (Phi) is 13.4. The van der Waals surface area contributed by atoms with E-state index in [2.05, 4.69) is 47.2 Å². The number of nitrogens with one attached hydrogen (secondary N) is 1. The molecule has 0 saturated carbocycles. The van der Waals surface area contributed by atoms with Gasteiger partial charge in [-0.3, -0.25) is 24.2 Å². The SMILES string of the molecule is C[C@@H]1COCCN1C[C@H]1CN(C(=O)O)[C@H](C)CN1CC(=O)N1CC(C)(CCCNC(=O)CC(=O)OCc2ccccc2)c2ccc(Cc3ccc(F)cc3)cc21. The van der Waals surface area contributed by atoms with Gasteiger partial charge in [0.15, 0.2) is 0 Å². The van der Waals surface area contributed by atoms with E-state index in [9.17, 15) is 28.7 Å². The molecule has 0 radical (unpaired) electrons. The molecule has 300 valence electrons. The minimum absolute atomic E-state index is 0.0628. The van der Waals surface area contributed by atoms with Gasteiger partial charge in [0.1, 0.15) is 18.8 Å². The Hall–Kier alpha value is -4.85. The number of carboxylic acid groups (broad SMARTS) is 1. The fraction of sp³-hybridized carbons (Fsp3) is 0.488. The number of rotatable bonds is 14. The molecular formula is C43H54FN5O7. The van der Waals surface area contributed by atoms with E-state index in [0.29, 0.717) is 65.2 Å². The topological polar surface area (TPSA) is 132 Å². The molecule has 2 N–H and O–H groups in total. The Balaban J connectivity index is 1.14. The van der Waals surface area contributed by atoms with Gasteiger partial charge in [-0.15, -0.1) is 0 Å². The molecular weight excluding hydrogens is 717 g/mol. The zero-order valence-electron chi connectivity index (χ0n) is 32.6. The first-order valence-corrected chi connectivity index (χ1v) is 19.6. The van der Waals surface area contributed by atoms with E-state index in [1.54, 1.807) is 12.1 Å². The summed E-state index contributed by atoms with van der Waals surface area (Å²) in [5.41, 5.74) is 4.24. The van der Waals surface area contributed by atoms with Crippen molar-refractivity contribution < 1.29 is 38.1 Å². The van der Waals surface area contributed by atoms with E-state index in [-0.39, 0.29) is 49.4 Å². The summed E-state index contributed by atoms with van der Waals surface area (Å²) < 4.78 is 24.6. The number of anilines is 1. The summed E-state index contributed by atoms with van der Waals surface area (Å²) in [5, 5.41) is 12.8. The highest BCUT2D eigenvalue weighted by Crippen LogP contribution is 2.44. The fourth-order valence-electron chi connectivity index (χ4n) is 8.21. The second kappa shape index (κ2) is 18.4. The average molecular weight is 772 g/mol. The molecule has 3 aliphatic rings. The van der Waals surface area contributed by atoms with Crippen molar-refractivity contribution in [3.63, 3.8) is 0 Å². The van der Waals surface area contributed by atoms with Crippen LogP contribution in [0.4, 0.5) is 14.9 Å². The quantitative estimate of drug-likeness (QED) is 0.135. The first-order chi connectivity index (χ1) is 26.9. The van der Waals surface area contributed by atoms with Crippen LogP contribution >= 0.6 is 0 Å². The Morgan fingerprint density at radius 3 is 2.43 bits per heavy atom. The maximum Gasteiger partial charge on any atom is 0.407 e. The maximum absolute atomic E-state index is 14.5. The molecule has 56 heavy (non-hydrogen) atoms. The van der Waals surface area contributed by atoms with Gasteiger partial charge in [0, 0.05) is 68.5 Å². The third-order valence-corrected chi connectivity index (χ3v) is 11.4. The van der Waals surface area contributed by atoms with Gasteiger partial charge >= 0.3 is 12.1 Å². The second-order valence-electron chi connectivity index (χ2n) is 15.8. The van der Waals surface area contributed by atoms with Crippen molar-refractivity contribution in [2.24, 2.45) is 0 Å². The highest BCUT2D eigenvalue weighted by atomic mass is 19.1. The van der Waals surface area contributed by atoms with Crippen LogP contribution in [-0.2, 0) is 42.3 Å². The normalized spacial score (nSPS) is 22.8. The molecule has 3 heterocycles. The zero-order valence-corrected chi connectivity index (χ0v) is 32.6. The molecule has 0 aliphatic carbocycles. The van der Waals surface area contributed by atoms with Crippen LogP contribution in [0.1, 0.15) is 62.3 Å². The molecule has 12 nitrogen and oxygen atoms in total. The van der Waals surface area contributed by atoms with E-state index in [1.807, 2.05) is 42.2 Å². The van der Waals surface area contributed by atoms with Gasteiger partial charge < -0.3 is 29.7 Å². The van der Waals surface area contributed by atoms with Crippen LogP contribution in [0.3, 0.4) is 0 Å². The smallest absolute Gasteiger partial charge is 0.407 e. The highest BCUT2D eigenvalue weighted by molar-refractivity contribution is 5.98. The number of fused-ring (bicyclic) bond motifs is 1. The van der Waals surface area contributed by atoms with Crippen LogP contribution < -0.4 is 10.2 Å². The van der Waals surface area contributed by atoms with E-state index < -0.39 is 23.4 Å². The lowest BCUT2D eigenvalue weighted by Crippen LogP contribution is -2.64. The standard InChI is InChI=1S/C43H54FN5O7/c1-30-23-47(36(25-48(30)42(53)54)24-46-18-19-55-27-31(46)2)26-40(51)49-29-43(3,37-15-12-34(21-38(37)49)20-32-10-13-35(44)14-11-32)16-7-17-45-39(50)22-41(52)56-28-33-8-5-4-6-9-33/h4-6,8-15,21,30-31,36H,7,16-20,22-29H2,1-3H3,(H,45,50)(H,53,54)/t30-,31-,36+,43?/m1/s1. The summed E-state index contributed by atoms with van der Waals surface area (Å²) in [4.78, 5) is 59.4. The van der Waals surface area contributed by atoms with Crippen LogP contribution in [0.2, 0.25) is 0 Å². The minimum atomic E-state index is -0.958. The first kappa shape index (κ1) is 40.8. The van der Waals surface area contributed by atoms with Crippen molar-refractivity contribution >= 4 is 29.6 Å². The summed E-state index contributed by atoms with van der Waals surface area (Å²) >= 11 is 0. The first-order valence-electron chi connectivity index (χ1n) is 19.6. The van der Waals surface area contributed by atoms with Crippen LogP contribution in [0.25, 0.3) is 0 Å².